The summed E-state index contributed by atoms with van der Waals surface area (Å²) in [6, 6.07) is 5.97. The molecular formula is C21H31FN2O3. The van der Waals surface area contributed by atoms with Crippen molar-refractivity contribution in [1.29, 1.82) is 0 Å². The first-order valence-electron chi connectivity index (χ1n) is 9.42. The summed E-state index contributed by atoms with van der Waals surface area (Å²) in [5.41, 5.74) is -0.689. The maximum Gasteiger partial charge on any atom is 0.410 e. The van der Waals surface area contributed by atoms with E-state index in [0.717, 1.165) is 12.8 Å². The number of nitrogens with zero attached hydrogens (tertiary/aromatic N) is 1. The molecule has 2 atom stereocenters. The van der Waals surface area contributed by atoms with Crippen molar-refractivity contribution in [2.45, 2.75) is 59.1 Å². The molecule has 1 aromatic rings. The molecule has 1 aliphatic rings. The molecule has 1 saturated carbocycles. The summed E-state index contributed by atoms with van der Waals surface area (Å²) in [6.07, 6.45) is 1.38. The van der Waals surface area contributed by atoms with Crippen LogP contribution in [0.3, 0.4) is 0 Å². The minimum absolute atomic E-state index is 0.0164. The van der Waals surface area contributed by atoms with Crippen molar-refractivity contribution >= 4 is 12.0 Å². The number of carbonyl (C=O) groups is 2. The molecule has 5 nitrogen and oxygen atoms in total. The topological polar surface area (TPSA) is 58.6 Å². The van der Waals surface area contributed by atoms with Crippen LogP contribution in [-0.2, 0) is 4.74 Å². The van der Waals surface area contributed by atoms with Crippen LogP contribution in [0.1, 0.15) is 57.8 Å². The first kappa shape index (κ1) is 21.2. The molecule has 1 aliphatic carbocycles. The van der Waals surface area contributed by atoms with Crippen LogP contribution in [0.2, 0.25) is 0 Å². The highest BCUT2D eigenvalue weighted by Crippen LogP contribution is 2.45. The second kappa shape index (κ2) is 7.87. The Bertz CT molecular complexity index is 697. The molecule has 1 N–H and O–H groups in total. The van der Waals surface area contributed by atoms with Crippen LogP contribution in [-0.4, -0.2) is 42.1 Å². The van der Waals surface area contributed by atoms with Crippen LogP contribution in [0.4, 0.5) is 9.18 Å². The Morgan fingerprint density at radius 3 is 2.48 bits per heavy atom. The number of amides is 2. The van der Waals surface area contributed by atoms with Gasteiger partial charge in [0, 0.05) is 19.6 Å². The Balaban J connectivity index is 1.99. The normalized spacial score (nSPS) is 21.6. The van der Waals surface area contributed by atoms with Crippen molar-refractivity contribution in [2.75, 3.05) is 13.6 Å². The SMILES string of the molecule is CN(C(=O)OC(C)(C)C)C1CCC(CNC(=O)c2ccccc2F)C1(C)C. The zero-order valence-electron chi connectivity index (χ0n) is 17.1. The van der Waals surface area contributed by atoms with Gasteiger partial charge in [-0.15, -0.1) is 0 Å². The molecule has 150 valence electrons. The van der Waals surface area contributed by atoms with Gasteiger partial charge in [0.05, 0.1) is 5.56 Å². The Hall–Kier alpha value is -2.11. The van der Waals surface area contributed by atoms with Gasteiger partial charge in [0.2, 0.25) is 0 Å². The minimum atomic E-state index is -0.540. The van der Waals surface area contributed by atoms with E-state index in [1.54, 1.807) is 24.1 Å². The van der Waals surface area contributed by atoms with Gasteiger partial charge in [-0.25, -0.2) is 9.18 Å². The first-order valence-corrected chi connectivity index (χ1v) is 9.42. The molecule has 0 radical (unpaired) electrons. The first-order chi connectivity index (χ1) is 12.4. The second-order valence-electron chi connectivity index (χ2n) is 8.89. The fraction of sp³-hybridized carbons (Fsp3) is 0.619. The highest BCUT2D eigenvalue weighted by molar-refractivity contribution is 5.94. The standard InChI is InChI=1S/C21H31FN2O3/c1-20(2,3)27-19(26)24(6)17-12-11-14(21(17,4)5)13-23-18(25)15-9-7-8-10-16(15)22/h7-10,14,17H,11-13H2,1-6H3,(H,23,25). The van der Waals surface area contributed by atoms with Crippen molar-refractivity contribution < 1.29 is 18.7 Å². The largest absolute Gasteiger partial charge is 0.444 e. The molecule has 0 saturated heterocycles. The van der Waals surface area contributed by atoms with Crippen molar-refractivity contribution in [2.24, 2.45) is 11.3 Å². The number of benzene rings is 1. The minimum Gasteiger partial charge on any atom is -0.444 e. The van der Waals surface area contributed by atoms with Gasteiger partial charge in [0.15, 0.2) is 0 Å². The smallest absolute Gasteiger partial charge is 0.410 e. The molecule has 2 rings (SSSR count). The molecule has 2 unspecified atom stereocenters. The molecule has 27 heavy (non-hydrogen) atoms. The molecule has 0 bridgehead atoms. The third-order valence-electron chi connectivity index (χ3n) is 5.48. The fourth-order valence-electron chi connectivity index (χ4n) is 3.85. The van der Waals surface area contributed by atoms with Gasteiger partial charge in [0.1, 0.15) is 11.4 Å². The lowest BCUT2D eigenvalue weighted by Crippen LogP contribution is -2.48. The summed E-state index contributed by atoms with van der Waals surface area (Å²) in [4.78, 5) is 26.4. The van der Waals surface area contributed by atoms with Crippen LogP contribution >= 0.6 is 0 Å². The third kappa shape index (κ3) is 4.99. The Labute approximate surface area is 161 Å². The Morgan fingerprint density at radius 1 is 1.26 bits per heavy atom. The van der Waals surface area contributed by atoms with E-state index in [4.69, 9.17) is 4.74 Å². The van der Waals surface area contributed by atoms with Gasteiger partial charge in [-0.05, 0) is 57.1 Å². The average molecular weight is 378 g/mol. The lowest BCUT2D eigenvalue weighted by atomic mass is 9.78. The Kier molecular flexibility index (Phi) is 6.17. The zero-order valence-corrected chi connectivity index (χ0v) is 17.1. The summed E-state index contributed by atoms with van der Waals surface area (Å²) in [6.45, 7) is 10.2. The molecule has 0 spiro atoms. The van der Waals surface area contributed by atoms with Gasteiger partial charge in [0.25, 0.3) is 5.91 Å². The summed E-state index contributed by atoms with van der Waals surface area (Å²) in [7, 11) is 1.76. The van der Waals surface area contributed by atoms with Crippen LogP contribution in [0.25, 0.3) is 0 Å². The number of halogens is 1. The third-order valence-corrected chi connectivity index (χ3v) is 5.48. The number of ether oxygens (including phenoxy) is 1. The summed E-state index contributed by atoms with van der Waals surface area (Å²) < 4.78 is 19.3. The molecule has 1 fully saturated rings. The lowest BCUT2D eigenvalue weighted by molar-refractivity contribution is 0.00908. The van der Waals surface area contributed by atoms with E-state index in [9.17, 15) is 14.0 Å². The quantitative estimate of drug-likeness (QED) is 0.853. The number of rotatable bonds is 4. The van der Waals surface area contributed by atoms with E-state index in [-0.39, 0.29) is 29.0 Å². The summed E-state index contributed by atoms with van der Waals surface area (Å²) in [5, 5.41) is 2.85. The van der Waals surface area contributed by atoms with E-state index in [1.165, 1.54) is 12.1 Å². The van der Waals surface area contributed by atoms with Crippen molar-refractivity contribution in [1.82, 2.24) is 10.2 Å². The van der Waals surface area contributed by atoms with Crippen molar-refractivity contribution in [3.63, 3.8) is 0 Å². The predicted molar refractivity (Wildman–Crippen MR) is 103 cm³/mol. The monoisotopic (exact) mass is 378 g/mol. The number of hydrogen-bond acceptors (Lipinski definition) is 3. The van der Waals surface area contributed by atoms with E-state index < -0.39 is 17.3 Å². The Morgan fingerprint density at radius 2 is 1.89 bits per heavy atom. The lowest BCUT2D eigenvalue weighted by Gasteiger charge is -2.39. The van der Waals surface area contributed by atoms with E-state index in [1.807, 2.05) is 20.8 Å². The predicted octanol–water partition coefficient (Wildman–Crippen LogP) is 4.23. The van der Waals surface area contributed by atoms with Crippen molar-refractivity contribution in [3.8, 4) is 0 Å². The van der Waals surface area contributed by atoms with Crippen LogP contribution in [0.15, 0.2) is 24.3 Å². The number of hydrogen-bond donors (Lipinski definition) is 1. The maximum absolute atomic E-state index is 13.8. The fourth-order valence-corrected chi connectivity index (χ4v) is 3.85. The van der Waals surface area contributed by atoms with Crippen LogP contribution in [0, 0.1) is 17.2 Å². The van der Waals surface area contributed by atoms with Gasteiger partial charge in [-0.2, -0.15) is 0 Å². The molecular weight excluding hydrogens is 347 g/mol. The number of carbonyl (C=O) groups excluding carboxylic acids is 2. The summed E-state index contributed by atoms with van der Waals surface area (Å²) in [5.74, 6) is -0.751. The second-order valence-corrected chi connectivity index (χ2v) is 8.89. The molecule has 0 heterocycles. The number of nitrogens with one attached hydrogen (secondary N) is 1. The van der Waals surface area contributed by atoms with E-state index in [0.29, 0.717) is 6.54 Å². The van der Waals surface area contributed by atoms with Crippen LogP contribution < -0.4 is 5.32 Å². The molecule has 0 aliphatic heterocycles. The molecule has 2 amide bonds. The highest BCUT2D eigenvalue weighted by atomic mass is 19.1. The highest BCUT2D eigenvalue weighted by Gasteiger charge is 2.46. The molecule has 0 aromatic heterocycles. The molecule has 1 aromatic carbocycles. The maximum atomic E-state index is 13.8. The molecule has 6 heteroatoms. The summed E-state index contributed by atoms with van der Waals surface area (Å²) >= 11 is 0. The van der Waals surface area contributed by atoms with Crippen LogP contribution in [0.5, 0.6) is 0 Å². The van der Waals surface area contributed by atoms with Gasteiger partial charge < -0.3 is 15.0 Å². The van der Waals surface area contributed by atoms with Gasteiger partial charge in [-0.1, -0.05) is 26.0 Å². The van der Waals surface area contributed by atoms with Gasteiger partial charge >= 0.3 is 6.09 Å². The van der Waals surface area contributed by atoms with Crippen molar-refractivity contribution in [3.05, 3.63) is 35.6 Å². The van der Waals surface area contributed by atoms with E-state index >= 15 is 0 Å². The average Bonchev–Trinajstić information content (AvgIpc) is 2.85. The van der Waals surface area contributed by atoms with Gasteiger partial charge in [-0.3, -0.25) is 4.79 Å². The van der Waals surface area contributed by atoms with E-state index in [2.05, 4.69) is 19.2 Å². The zero-order chi connectivity index (χ0) is 20.4.